The third kappa shape index (κ3) is 4.46. The van der Waals surface area contributed by atoms with E-state index in [4.69, 9.17) is 27.9 Å². The Morgan fingerprint density at radius 2 is 2.14 bits per heavy atom. The van der Waals surface area contributed by atoms with E-state index in [0.717, 1.165) is 5.56 Å². The number of rotatable bonds is 1. The summed E-state index contributed by atoms with van der Waals surface area (Å²) in [4.78, 5) is 17.8. The van der Waals surface area contributed by atoms with Crippen molar-refractivity contribution in [2.45, 2.75) is 32.4 Å². The number of carbonyl (C=O) groups is 1. The molecule has 116 valence electrons. The van der Waals surface area contributed by atoms with Crippen molar-refractivity contribution >= 4 is 29.3 Å². The number of ether oxygens (including phenoxy) is 1. The fourth-order valence-electron chi connectivity index (χ4n) is 2.13. The lowest BCUT2D eigenvalue weighted by Gasteiger charge is -2.35. The Morgan fingerprint density at radius 1 is 1.43 bits per heavy atom. The van der Waals surface area contributed by atoms with Gasteiger partial charge in [-0.2, -0.15) is 0 Å². The van der Waals surface area contributed by atoms with Crippen LogP contribution in [0, 0.1) is 0 Å². The van der Waals surface area contributed by atoms with Gasteiger partial charge in [0.05, 0.1) is 6.04 Å². The monoisotopic (exact) mass is 331 g/mol. The highest BCUT2D eigenvalue weighted by Crippen LogP contribution is 2.26. The van der Waals surface area contributed by atoms with Gasteiger partial charge in [0, 0.05) is 25.2 Å². The molecule has 1 amide bonds. The van der Waals surface area contributed by atoms with E-state index in [2.05, 4.69) is 10.3 Å². The fraction of sp³-hybridized carbons (Fsp3) is 0.571. The number of hydrogen-bond acceptors (Lipinski definition) is 4. The van der Waals surface area contributed by atoms with Crippen molar-refractivity contribution < 1.29 is 9.53 Å². The van der Waals surface area contributed by atoms with E-state index in [-0.39, 0.29) is 12.1 Å². The summed E-state index contributed by atoms with van der Waals surface area (Å²) in [6.07, 6.45) is -0.313. The molecule has 1 aromatic heterocycles. The number of piperazine rings is 1. The first kappa shape index (κ1) is 16.3. The zero-order chi connectivity index (χ0) is 15.6. The van der Waals surface area contributed by atoms with E-state index in [9.17, 15) is 4.79 Å². The number of hydrogen-bond donors (Lipinski definition) is 1. The van der Waals surface area contributed by atoms with Gasteiger partial charge in [-0.3, -0.25) is 0 Å². The van der Waals surface area contributed by atoms with E-state index in [1.54, 1.807) is 11.0 Å². The minimum atomic E-state index is -0.503. The molecule has 1 aromatic rings. The van der Waals surface area contributed by atoms with Crippen LogP contribution in [0.25, 0.3) is 0 Å². The van der Waals surface area contributed by atoms with E-state index in [1.165, 1.54) is 0 Å². The number of carbonyl (C=O) groups excluding carboxylic acids is 1. The molecule has 2 heterocycles. The van der Waals surface area contributed by atoms with Crippen LogP contribution in [-0.2, 0) is 4.74 Å². The predicted octanol–water partition coefficient (Wildman–Crippen LogP) is 3.27. The quantitative estimate of drug-likeness (QED) is 0.802. The predicted molar refractivity (Wildman–Crippen MR) is 82.8 cm³/mol. The van der Waals surface area contributed by atoms with E-state index < -0.39 is 5.60 Å². The first-order chi connectivity index (χ1) is 9.76. The van der Waals surface area contributed by atoms with Crippen LogP contribution in [-0.4, -0.2) is 41.2 Å². The van der Waals surface area contributed by atoms with Gasteiger partial charge in [0.25, 0.3) is 0 Å². The second-order valence-electron chi connectivity index (χ2n) is 5.95. The Bertz CT molecular complexity index is 531. The van der Waals surface area contributed by atoms with Gasteiger partial charge in [-0.25, -0.2) is 9.78 Å². The van der Waals surface area contributed by atoms with Crippen molar-refractivity contribution in [3.8, 4) is 0 Å². The lowest BCUT2D eigenvalue weighted by Crippen LogP contribution is -2.49. The molecule has 1 aliphatic heterocycles. The highest BCUT2D eigenvalue weighted by atomic mass is 35.5. The van der Waals surface area contributed by atoms with Gasteiger partial charge in [-0.05, 0) is 26.8 Å². The summed E-state index contributed by atoms with van der Waals surface area (Å²) in [5, 5.41) is 4.03. The average Bonchev–Trinajstić information content (AvgIpc) is 2.37. The topological polar surface area (TPSA) is 54.5 Å². The smallest absolute Gasteiger partial charge is 0.410 e. The summed E-state index contributed by atoms with van der Waals surface area (Å²) in [5.41, 5.74) is 0.325. The highest BCUT2D eigenvalue weighted by molar-refractivity contribution is 6.32. The zero-order valence-electron chi connectivity index (χ0n) is 12.3. The summed E-state index contributed by atoms with van der Waals surface area (Å²) in [6.45, 7) is 7.31. The van der Waals surface area contributed by atoms with Crippen LogP contribution in [0.2, 0.25) is 10.3 Å². The number of aromatic nitrogens is 1. The molecule has 1 fully saturated rings. The van der Waals surface area contributed by atoms with Gasteiger partial charge in [-0.1, -0.05) is 29.3 Å². The zero-order valence-corrected chi connectivity index (χ0v) is 13.8. The molecule has 7 heteroatoms. The molecule has 0 aromatic carbocycles. The Hall–Kier alpha value is -1.04. The summed E-state index contributed by atoms with van der Waals surface area (Å²) in [5.74, 6) is 0. The standard InChI is InChI=1S/C14H19Cl2N3O2/c1-14(2,3)21-13(20)19-7-6-17-10(8-19)9-4-5-11(15)18-12(9)16/h4-5,10,17H,6-8H2,1-3H3. The molecular formula is C14H19Cl2N3O2. The molecule has 0 saturated carbocycles. The van der Waals surface area contributed by atoms with Crippen LogP contribution < -0.4 is 5.32 Å². The number of amides is 1. The lowest BCUT2D eigenvalue weighted by molar-refractivity contribution is 0.0195. The Balaban J connectivity index is 2.08. The van der Waals surface area contributed by atoms with Crippen LogP contribution >= 0.6 is 23.2 Å². The summed E-state index contributed by atoms with van der Waals surface area (Å²) >= 11 is 11.9. The molecule has 1 saturated heterocycles. The molecule has 0 radical (unpaired) electrons. The summed E-state index contributed by atoms with van der Waals surface area (Å²) in [6, 6.07) is 3.44. The Kier molecular flexibility index (Phi) is 4.96. The normalized spacial score (nSPS) is 19.5. The van der Waals surface area contributed by atoms with Crippen molar-refractivity contribution in [1.29, 1.82) is 0 Å². The molecule has 1 N–H and O–H groups in total. The summed E-state index contributed by atoms with van der Waals surface area (Å²) in [7, 11) is 0. The molecule has 1 unspecified atom stereocenters. The van der Waals surface area contributed by atoms with E-state index in [1.807, 2.05) is 26.8 Å². The molecule has 0 spiro atoms. The molecule has 1 aliphatic rings. The minimum absolute atomic E-state index is 0.0801. The van der Waals surface area contributed by atoms with Gasteiger partial charge in [0.15, 0.2) is 0 Å². The third-order valence-electron chi connectivity index (χ3n) is 3.05. The van der Waals surface area contributed by atoms with E-state index >= 15 is 0 Å². The molecule has 0 aliphatic carbocycles. The largest absolute Gasteiger partial charge is 0.444 e. The highest BCUT2D eigenvalue weighted by Gasteiger charge is 2.29. The maximum Gasteiger partial charge on any atom is 0.410 e. The number of halogens is 2. The van der Waals surface area contributed by atoms with Gasteiger partial charge >= 0.3 is 6.09 Å². The van der Waals surface area contributed by atoms with Gasteiger partial charge in [0.1, 0.15) is 15.9 Å². The molecule has 21 heavy (non-hydrogen) atoms. The fourth-order valence-corrected chi connectivity index (χ4v) is 2.61. The average molecular weight is 332 g/mol. The van der Waals surface area contributed by atoms with Crippen molar-refractivity contribution in [3.63, 3.8) is 0 Å². The second-order valence-corrected chi connectivity index (χ2v) is 6.69. The SMILES string of the molecule is CC(C)(C)OC(=O)N1CCNC(c2ccc(Cl)nc2Cl)C1. The van der Waals surface area contributed by atoms with Crippen molar-refractivity contribution in [1.82, 2.24) is 15.2 Å². The third-order valence-corrected chi connectivity index (χ3v) is 3.56. The Labute approximate surface area is 134 Å². The van der Waals surface area contributed by atoms with E-state index in [0.29, 0.717) is 29.9 Å². The molecule has 5 nitrogen and oxygen atoms in total. The summed E-state index contributed by atoms with van der Waals surface area (Å²) < 4.78 is 5.40. The second kappa shape index (κ2) is 6.38. The number of pyridine rings is 1. The van der Waals surface area contributed by atoms with Crippen LogP contribution in [0.5, 0.6) is 0 Å². The van der Waals surface area contributed by atoms with Gasteiger partial charge in [0.2, 0.25) is 0 Å². The van der Waals surface area contributed by atoms with Crippen molar-refractivity contribution in [2.24, 2.45) is 0 Å². The van der Waals surface area contributed by atoms with Gasteiger partial charge in [-0.15, -0.1) is 0 Å². The maximum absolute atomic E-state index is 12.1. The Morgan fingerprint density at radius 3 is 2.76 bits per heavy atom. The molecule has 2 rings (SSSR count). The first-order valence-electron chi connectivity index (χ1n) is 6.79. The minimum Gasteiger partial charge on any atom is -0.444 e. The van der Waals surface area contributed by atoms with Crippen molar-refractivity contribution in [2.75, 3.05) is 19.6 Å². The van der Waals surface area contributed by atoms with Crippen LogP contribution in [0.15, 0.2) is 12.1 Å². The maximum atomic E-state index is 12.1. The van der Waals surface area contributed by atoms with Crippen LogP contribution in [0.4, 0.5) is 4.79 Å². The lowest BCUT2D eigenvalue weighted by atomic mass is 10.1. The van der Waals surface area contributed by atoms with Crippen LogP contribution in [0.3, 0.4) is 0 Å². The number of nitrogens with one attached hydrogen (secondary N) is 1. The molecular weight excluding hydrogens is 313 g/mol. The number of nitrogens with zero attached hydrogens (tertiary/aromatic N) is 2. The molecule has 1 atom stereocenters. The van der Waals surface area contributed by atoms with Crippen LogP contribution in [0.1, 0.15) is 32.4 Å². The first-order valence-corrected chi connectivity index (χ1v) is 7.55. The molecule has 0 bridgehead atoms. The van der Waals surface area contributed by atoms with Gasteiger partial charge < -0.3 is 15.0 Å². The van der Waals surface area contributed by atoms with Crippen molar-refractivity contribution in [3.05, 3.63) is 28.0 Å².